The Labute approximate surface area is 184 Å². The second kappa shape index (κ2) is 7.35. The second-order valence-corrected chi connectivity index (χ2v) is 8.33. The maximum absolute atomic E-state index is 9.81. The van der Waals surface area contributed by atoms with E-state index in [2.05, 4.69) is 60.2 Å². The number of aromatic hydroxyl groups is 1. The van der Waals surface area contributed by atoms with E-state index in [0.717, 1.165) is 70.6 Å². The number of fused-ring (bicyclic) bond motifs is 2. The van der Waals surface area contributed by atoms with Crippen LogP contribution in [0.5, 0.6) is 5.75 Å². The van der Waals surface area contributed by atoms with E-state index in [1.165, 1.54) is 11.9 Å². The zero-order valence-electron chi connectivity index (χ0n) is 17.7. The smallest absolute Gasteiger partial charge is 0.139 e. The van der Waals surface area contributed by atoms with Crippen LogP contribution in [0.25, 0.3) is 44.5 Å². The van der Waals surface area contributed by atoms with E-state index in [0.29, 0.717) is 0 Å². The Morgan fingerprint density at radius 1 is 0.938 bits per heavy atom. The molecule has 6 rings (SSSR count). The van der Waals surface area contributed by atoms with Crippen LogP contribution in [0.15, 0.2) is 55.0 Å². The van der Waals surface area contributed by atoms with Gasteiger partial charge in [0.25, 0.3) is 0 Å². The molecule has 0 amide bonds. The lowest BCUT2D eigenvalue weighted by molar-refractivity contribution is 0.313. The Morgan fingerprint density at radius 2 is 1.81 bits per heavy atom. The van der Waals surface area contributed by atoms with Gasteiger partial charge in [-0.25, -0.2) is 4.98 Å². The molecule has 8 heteroatoms. The van der Waals surface area contributed by atoms with Crippen molar-refractivity contribution in [3.63, 3.8) is 0 Å². The normalized spacial score (nSPS) is 15.1. The van der Waals surface area contributed by atoms with Crippen molar-refractivity contribution in [2.75, 3.05) is 38.1 Å². The number of aromatic nitrogens is 5. The fourth-order valence-electron chi connectivity index (χ4n) is 4.45. The lowest BCUT2D eigenvalue weighted by atomic mass is 10.0. The van der Waals surface area contributed by atoms with Crippen LogP contribution < -0.4 is 4.90 Å². The Morgan fingerprint density at radius 3 is 2.66 bits per heavy atom. The molecule has 5 heterocycles. The van der Waals surface area contributed by atoms with E-state index < -0.39 is 0 Å². The fraction of sp³-hybridized carbons (Fsp3) is 0.208. The molecule has 32 heavy (non-hydrogen) atoms. The quantitative estimate of drug-likeness (QED) is 0.409. The van der Waals surface area contributed by atoms with Crippen molar-refractivity contribution in [2.24, 2.45) is 0 Å². The number of hydrogen-bond donors (Lipinski definition) is 3. The summed E-state index contributed by atoms with van der Waals surface area (Å²) in [4.78, 5) is 16.9. The van der Waals surface area contributed by atoms with Gasteiger partial charge in [0.05, 0.1) is 17.4 Å². The molecule has 1 saturated heterocycles. The van der Waals surface area contributed by atoms with Crippen LogP contribution in [0.3, 0.4) is 0 Å². The zero-order valence-corrected chi connectivity index (χ0v) is 17.7. The maximum Gasteiger partial charge on any atom is 0.139 e. The number of pyridine rings is 2. The largest absolute Gasteiger partial charge is 0.506 e. The van der Waals surface area contributed by atoms with Crippen molar-refractivity contribution in [1.29, 1.82) is 0 Å². The van der Waals surface area contributed by atoms with Gasteiger partial charge in [-0.2, -0.15) is 5.10 Å². The fourth-order valence-corrected chi connectivity index (χ4v) is 4.45. The number of H-pyrrole nitrogens is 2. The second-order valence-electron chi connectivity index (χ2n) is 8.33. The van der Waals surface area contributed by atoms with Crippen LogP contribution in [-0.4, -0.2) is 68.4 Å². The summed E-state index contributed by atoms with van der Waals surface area (Å²) in [6, 6.07) is 12.0. The summed E-state index contributed by atoms with van der Waals surface area (Å²) < 4.78 is 0. The van der Waals surface area contributed by atoms with E-state index in [9.17, 15) is 5.11 Å². The standard InChI is InChI=1S/C24H23N7O/c1-30-6-8-31(9-7-30)22-4-5-26-24-19(22)12-21(27-24)23-18-11-15(2-3-20(18)28-29-23)16-10-17(32)14-25-13-16/h2-5,10-14,32H,6-9H2,1H3,(H,26,27)(H,28,29). The van der Waals surface area contributed by atoms with E-state index in [1.807, 2.05) is 18.3 Å². The predicted octanol–water partition coefficient (Wildman–Crippen LogP) is 3.63. The van der Waals surface area contributed by atoms with Crippen molar-refractivity contribution >= 4 is 27.6 Å². The number of benzene rings is 1. The zero-order chi connectivity index (χ0) is 21.7. The molecular weight excluding hydrogens is 402 g/mol. The Balaban J connectivity index is 1.44. The van der Waals surface area contributed by atoms with Crippen LogP contribution in [0, 0.1) is 0 Å². The summed E-state index contributed by atoms with van der Waals surface area (Å²) in [7, 11) is 2.16. The van der Waals surface area contributed by atoms with Crippen LogP contribution in [0.1, 0.15) is 0 Å². The molecule has 1 aromatic carbocycles. The molecule has 0 saturated carbocycles. The van der Waals surface area contributed by atoms with Gasteiger partial charge in [0.15, 0.2) is 0 Å². The van der Waals surface area contributed by atoms with Crippen molar-refractivity contribution < 1.29 is 5.11 Å². The molecule has 0 radical (unpaired) electrons. The van der Waals surface area contributed by atoms with Gasteiger partial charge in [-0.05, 0) is 42.9 Å². The third-order valence-corrected chi connectivity index (χ3v) is 6.23. The van der Waals surface area contributed by atoms with Crippen molar-refractivity contribution in [1.82, 2.24) is 30.0 Å². The topological polar surface area (TPSA) is 97.0 Å². The predicted molar refractivity (Wildman–Crippen MR) is 126 cm³/mol. The Hall–Kier alpha value is -3.91. The SMILES string of the molecule is CN1CCN(c2ccnc3[nH]c(-c4n[nH]c5ccc(-c6cncc(O)c6)cc45)cc23)CC1. The highest BCUT2D eigenvalue weighted by molar-refractivity contribution is 5.99. The average molecular weight is 425 g/mol. The van der Waals surface area contributed by atoms with Gasteiger partial charge in [0.1, 0.15) is 17.1 Å². The third-order valence-electron chi connectivity index (χ3n) is 6.23. The van der Waals surface area contributed by atoms with E-state index in [-0.39, 0.29) is 5.75 Å². The van der Waals surface area contributed by atoms with E-state index in [1.54, 1.807) is 12.3 Å². The molecule has 5 aromatic rings. The minimum Gasteiger partial charge on any atom is -0.506 e. The van der Waals surface area contributed by atoms with Gasteiger partial charge in [-0.15, -0.1) is 0 Å². The third kappa shape index (κ3) is 3.16. The van der Waals surface area contributed by atoms with Crippen LogP contribution >= 0.6 is 0 Å². The Kier molecular flexibility index (Phi) is 4.32. The minimum absolute atomic E-state index is 0.146. The highest BCUT2D eigenvalue weighted by Gasteiger charge is 2.19. The van der Waals surface area contributed by atoms with Gasteiger partial charge in [0.2, 0.25) is 0 Å². The van der Waals surface area contributed by atoms with Crippen LogP contribution in [0.4, 0.5) is 5.69 Å². The van der Waals surface area contributed by atoms with Crippen molar-refractivity contribution in [3.8, 4) is 28.3 Å². The van der Waals surface area contributed by atoms with Crippen molar-refractivity contribution in [2.45, 2.75) is 0 Å². The number of aromatic amines is 2. The van der Waals surface area contributed by atoms with Gasteiger partial charge in [-0.1, -0.05) is 6.07 Å². The van der Waals surface area contributed by atoms with Crippen LogP contribution in [0.2, 0.25) is 0 Å². The molecule has 1 fully saturated rings. The summed E-state index contributed by atoms with van der Waals surface area (Å²) in [6.07, 6.45) is 5.04. The highest BCUT2D eigenvalue weighted by Crippen LogP contribution is 2.34. The number of piperazine rings is 1. The Bertz CT molecular complexity index is 1430. The van der Waals surface area contributed by atoms with E-state index in [4.69, 9.17) is 0 Å². The summed E-state index contributed by atoms with van der Waals surface area (Å²) in [5, 5.41) is 19.6. The molecule has 1 aliphatic rings. The minimum atomic E-state index is 0.146. The van der Waals surface area contributed by atoms with Crippen LogP contribution in [-0.2, 0) is 0 Å². The lowest BCUT2D eigenvalue weighted by Crippen LogP contribution is -2.44. The molecule has 160 valence electrons. The van der Waals surface area contributed by atoms with Gasteiger partial charge < -0.3 is 19.9 Å². The van der Waals surface area contributed by atoms with Crippen molar-refractivity contribution in [3.05, 3.63) is 55.0 Å². The first-order valence-corrected chi connectivity index (χ1v) is 10.7. The number of likely N-dealkylation sites (N-methyl/N-ethyl adjacent to an activating group) is 1. The number of rotatable bonds is 3. The molecule has 1 aliphatic heterocycles. The first kappa shape index (κ1) is 18.8. The first-order valence-electron chi connectivity index (χ1n) is 10.7. The van der Waals surface area contributed by atoms with Gasteiger partial charge >= 0.3 is 0 Å². The number of nitrogens with one attached hydrogen (secondary N) is 2. The summed E-state index contributed by atoms with van der Waals surface area (Å²) >= 11 is 0. The monoisotopic (exact) mass is 425 g/mol. The van der Waals surface area contributed by atoms with Gasteiger partial charge in [0, 0.05) is 60.6 Å². The molecule has 0 aliphatic carbocycles. The molecular formula is C24H23N7O. The van der Waals surface area contributed by atoms with E-state index >= 15 is 0 Å². The number of anilines is 1. The van der Waals surface area contributed by atoms with Gasteiger partial charge in [-0.3, -0.25) is 10.1 Å². The molecule has 8 nitrogen and oxygen atoms in total. The molecule has 4 aromatic heterocycles. The number of nitrogens with zero attached hydrogens (tertiary/aromatic N) is 5. The molecule has 0 unspecified atom stereocenters. The summed E-state index contributed by atoms with van der Waals surface area (Å²) in [6.45, 7) is 4.11. The summed E-state index contributed by atoms with van der Waals surface area (Å²) in [5.74, 6) is 0.146. The molecule has 3 N–H and O–H groups in total. The molecule has 0 bridgehead atoms. The molecule has 0 spiro atoms. The first-order chi connectivity index (χ1) is 15.7. The number of hydrogen-bond acceptors (Lipinski definition) is 6. The highest BCUT2D eigenvalue weighted by atomic mass is 16.3. The summed E-state index contributed by atoms with van der Waals surface area (Å²) in [5.41, 5.74) is 6.61. The average Bonchev–Trinajstić information content (AvgIpc) is 3.43. The lowest BCUT2D eigenvalue weighted by Gasteiger charge is -2.34. The maximum atomic E-state index is 9.81. The molecule has 0 atom stereocenters.